The molecule has 1 N–H and O–H groups in total. The lowest BCUT2D eigenvalue weighted by Crippen LogP contribution is -2.39. The SMILES string of the molecule is CCN(CC)CCCOC(=O)OC1c2cccc(c2)C1NC(=O)ON1C(=O)CCC1=O. The van der Waals surface area contributed by atoms with Crippen LogP contribution in [-0.4, -0.2) is 60.3 Å². The number of hydrogen-bond donors (Lipinski definition) is 1. The van der Waals surface area contributed by atoms with Crippen molar-refractivity contribution in [1.82, 2.24) is 15.3 Å². The van der Waals surface area contributed by atoms with E-state index in [1.807, 2.05) is 0 Å². The molecule has 0 spiro atoms. The minimum atomic E-state index is -0.989. The Morgan fingerprint density at radius 2 is 1.81 bits per heavy atom. The molecule has 0 saturated carbocycles. The number of ether oxygens (including phenoxy) is 2. The van der Waals surface area contributed by atoms with Crippen LogP contribution in [0.3, 0.4) is 0 Å². The van der Waals surface area contributed by atoms with Gasteiger partial charge in [-0.1, -0.05) is 32.0 Å². The standard InChI is InChI=1S/C21H27N3O7/c1-3-23(4-2)11-6-12-29-21(28)30-19-15-8-5-7-14(13-15)18(19)22-20(27)31-24-16(25)9-10-17(24)26/h5,7-8,13,18-19H,3-4,6,9-12H2,1-2H3,(H,22,27). The number of hydroxylamine groups is 2. The van der Waals surface area contributed by atoms with Crippen molar-refractivity contribution in [2.75, 3.05) is 26.2 Å². The van der Waals surface area contributed by atoms with Gasteiger partial charge in [0.25, 0.3) is 11.8 Å². The topological polar surface area (TPSA) is 114 Å². The molecule has 0 radical (unpaired) electrons. The van der Waals surface area contributed by atoms with Crippen LogP contribution in [0.2, 0.25) is 0 Å². The van der Waals surface area contributed by atoms with Gasteiger partial charge in [-0.2, -0.15) is 0 Å². The van der Waals surface area contributed by atoms with Gasteiger partial charge in [0, 0.05) is 19.4 Å². The van der Waals surface area contributed by atoms with Crippen molar-refractivity contribution in [2.45, 2.75) is 45.3 Å². The first kappa shape index (κ1) is 22.5. The fourth-order valence-electron chi connectivity index (χ4n) is 3.61. The Morgan fingerprint density at radius 3 is 2.48 bits per heavy atom. The third kappa shape index (κ3) is 5.52. The normalized spacial score (nSPS) is 19.6. The first-order valence-electron chi connectivity index (χ1n) is 10.4. The summed E-state index contributed by atoms with van der Waals surface area (Å²) in [4.78, 5) is 54.8. The zero-order valence-electron chi connectivity index (χ0n) is 17.7. The molecule has 1 aliphatic carbocycles. The van der Waals surface area contributed by atoms with Crippen LogP contribution >= 0.6 is 0 Å². The third-order valence-corrected chi connectivity index (χ3v) is 5.31. The number of hydrogen-bond acceptors (Lipinski definition) is 8. The van der Waals surface area contributed by atoms with Crippen LogP contribution < -0.4 is 5.32 Å². The zero-order valence-corrected chi connectivity index (χ0v) is 17.7. The van der Waals surface area contributed by atoms with E-state index in [1.54, 1.807) is 24.3 Å². The van der Waals surface area contributed by atoms with Crippen molar-refractivity contribution >= 4 is 24.1 Å². The molecule has 1 saturated heterocycles. The predicted molar refractivity (Wildman–Crippen MR) is 107 cm³/mol. The van der Waals surface area contributed by atoms with E-state index >= 15 is 0 Å². The Bertz CT molecular complexity index is 824. The number of benzene rings is 1. The molecule has 2 unspecified atom stereocenters. The Morgan fingerprint density at radius 1 is 1.13 bits per heavy atom. The van der Waals surface area contributed by atoms with Crippen LogP contribution in [0.15, 0.2) is 24.3 Å². The van der Waals surface area contributed by atoms with Crippen LogP contribution in [0.4, 0.5) is 9.59 Å². The molecule has 10 nitrogen and oxygen atoms in total. The van der Waals surface area contributed by atoms with Crippen LogP contribution in [0, 0.1) is 0 Å². The third-order valence-electron chi connectivity index (χ3n) is 5.31. The van der Waals surface area contributed by atoms with Gasteiger partial charge in [-0.05, 0) is 36.7 Å². The van der Waals surface area contributed by atoms with Crippen molar-refractivity contribution < 1.29 is 33.5 Å². The van der Waals surface area contributed by atoms with Gasteiger partial charge in [-0.3, -0.25) is 9.59 Å². The number of amides is 3. The largest absolute Gasteiger partial charge is 0.508 e. The molecule has 168 valence electrons. The summed E-state index contributed by atoms with van der Waals surface area (Å²) >= 11 is 0. The van der Waals surface area contributed by atoms with E-state index in [-0.39, 0.29) is 19.4 Å². The highest BCUT2D eigenvalue weighted by Crippen LogP contribution is 2.39. The smallest absolute Gasteiger partial charge is 0.434 e. The summed E-state index contributed by atoms with van der Waals surface area (Å²) in [5.41, 5.74) is 1.39. The minimum absolute atomic E-state index is 0.00215. The molecular weight excluding hydrogens is 406 g/mol. The number of carbonyl (C=O) groups excluding carboxylic acids is 4. The Labute approximate surface area is 180 Å². The highest BCUT2D eigenvalue weighted by molar-refractivity contribution is 6.01. The molecular formula is C21H27N3O7. The quantitative estimate of drug-likeness (QED) is 0.359. The van der Waals surface area contributed by atoms with Gasteiger partial charge in [0.15, 0.2) is 6.10 Å². The summed E-state index contributed by atoms with van der Waals surface area (Å²) in [6, 6.07) is 6.36. The molecule has 1 aromatic carbocycles. The van der Waals surface area contributed by atoms with Gasteiger partial charge in [0.1, 0.15) is 0 Å². The maximum Gasteiger partial charge on any atom is 0.508 e. The molecule has 31 heavy (non-hydrogen) atoms. The summed E-state index contributed by atoms with van der Waals surface area (Å²) in [5, 5.41) is 3.02. The lowest BCUT2D eigenvalue weighted by atomic mass is 10.1. The predicted octanol–water partition coefficient (Wildman–Crippen LogP) is 2.46. The lowest BCUT2D eigenvalue weighted by Gasteiger charge is -2.23. The summed E-state index contributed by atoms with van der Waals surface area (Å²) < 4.78 is 10.6. The van der Waals surface area contributed by atoms with Gasteiger partial charge in [0.05, 0.1) is 12.6 Å². The first-order chi connectivity index (χ1) is 14.9. The molecule has 3 rings (SSSR count). The Balaban J connectivity index is 1.53. The number of nitrogens with one attached hydrogen (secondary N) is 1. The minimum Gasteiger partial charge on any atom is -0.434 e. The monoisotopic (exact) mass is 433 g/mol. The zero-order chi connectivity index (χ0) is 22.4. The van der Waals surface area contributed by atoms with Crippen molar-refractivity contribution in [1.29, 1.82) is 0 Å². The van der Waals surface area contributed by atoms with E-state index in [0.29, 0.717) is 22.6 Å². The van der Waals surface area contributed by atoms with Crippen LogP contribution in [-0.2, 0) is 23.9 Å². The molecule has 0 aromatic heterocycles. The van der Waals surface area contributed by atoms with Gasteiger partial charge in [-0.15, -0.1) is 5.06 Å². The maximum atomic E-state index is 12.3. The second-order valence-corrected chi connectivity index (χ2v) is 7.27. The summed E-state index contributed by atoms with van der Waals surface area (Å²) in [6.07, 6.45) is -1.95. The second-order valence-electron chi connectivity index (χ2n) is 7.27. The van der Waals surface area contributed by atoms with E-state index in [0.717, 1.165) is 19.6 Å². The van der Waals surface area contributed by atoms with E-state index < -0.39 is 36.2 Å². The lowest BCUT2D eigenvalue weighted by molar-refractivity contribution is -0.171. The number of carbonyl (C=O) groups is 4. The summed E-state index contributed by atoms with van der Waals surface area (Å²) in [7, 11) is 0. The van der Waals surface area contributed by atoms with Crippen LogP contribution in [0.5, 0.6) is 0 Å². The number of nitrogens with zero attached hydrogens (tertiary/aromatic N) is 2. The highest BCUT2D eigenvalue weighted by atomic mass is 16.7. The summed E-state index contributed by atoms with van der Waals surface area (Å²) in [5.74, 6) is -1.15. The van der Waals surface area contributed by atoms with Crippen LogP contribution in [0.1, 0.15) is 56.4 Å². The fourth-order valence-corrected chi connectivity index (χ4v) is 3.61. The Kier molecular flexibility index (Phi) is 7.45. The van der Waals surface area contributed by atoms with Crippen LogP contribution in [0.25, 0.3) is 0 Å². The average Bonchev–Trinajstić information content (AvgIpc) is 3.18. The summed E-state index contributed by atoms with van der Waals surface area (Å²) in [6.45, 7) is 7.03. The van der Waals surface area contributed by atoms with E-state index in [4.69, 9.17) is 14.3 Å². The average molecular weight is 433 g/mol. The second kappa shape index (κ2) is 10.3. The van der Waals surface area contributed by atoms with Crippen molar-refractivity contribution in [3.63, 3.8) is 0 Å². The molecule has 2 aliphatic rings. The van der Waals surface area contributed by atoms with Crippen molar-refractivity contribution in [3.05, 3.63) is 35.4 Å². The molecule has 3 amide bonds. The number of fused-ring (bicyclic) bond motifs is 2. The molecule has 1 fully saturated rings. The van der Waals surface area contributed by atoms with Gasteiger partial charge in [-0.25, -0.2) is 9.59 Å². The van der Waals surface area contributed by atoms with E-state index in [1.165, 1.54) is 0 Å². The molecule has 2 atom stereocenters. The van der Waals surface area contributed by atoms with E-state index in [9.17, 15) is 19.2 Å². The van der Waals surface area contributed by atoms with Gasteiger partial charge >= 0.3 is 12.2 Å². The molecule has 1 aliphatic heterocycles. The highest BCUT2D eigenvalue weighted by Gasteiger charge is 2.38. The molecule has 1 aromatic rings. The van der Waals surface area contributed by atoms with Crippen molar-refractivity contribution in [3.8, 4) is 0 Å². The van der Waals surface area contributed by atoms with Gasteiger partial charge in [0.2, 0.25) is 0 Å². The maximum absolute atomic E-state index is 12.3. The van der Waals surface area contributed by atoms with E-state index in [2.05, 4.69) is 24.1 Å². The molecule has 1 heterocycles. The van der Waals surface area contributed by atoms with Gasteiger partial charge < -0.3 is 24.5 Å². The van der Waals surface area contributed by atoms with Crippen molar-refractivity contribution in [2.24, 2.45) is 0 Å². The molecule has 2 bridgehead atoms. The Hall–Kier alpha value is -3.14. The fraction of sp³-hybridized carbons (Fsp3) is 0.524. The molecule has 10 heteroatoms. The number of imide groups is 1. The number of rotatable bonds is 9. The first-order valence-corrected chi connectivity index (χ1v) is 10.4.